The molecule has 3 aliphatic heterocycles. The Bertz CT molecular complexity index is 2050. The first-order valence-corrected chi connectivity index (χ1v) is 18.0. The highest BCUT2D eigenvalue weighted by atomic mass is 35.5. The number of carbonyl (C=O) groups excluding carboxylic acids is 2. The highest BCUT2D eigenvalue weighted by molar-refractivity contribution is 6.32. The van der Waals surface area contributed by atoms with Crippen LogP contribution in [0.4, 0.5) is 5.69 Å². The van der Waals surface area contributed by atoms with Crippen LogP contribution in [0, 0.1) is 12.8 Å². The van der Waals surface area contributed by atoms with E-state index in [-0.39, 0.29) is 23.8 Å². The lowest BCUT2D eigenvalue weighted by Crippen LogP contribution is -2.43. The Hall–Kier alpha value is -4.78. The average Bonchev–Trinajstić information content (AvgIpc) is 3.72. The predicted octanol–water partition coefficient (Wildman–Crippen LogP) is 5.92. The zero-order valence-corrected chi connectivity index (χ0v) is 29.5. The summed E-state index contributed by atoms with van der Waals surface area (Å²) >= 11 is 6.57. The summed E-state index contributed by atoms with van der Waals surface area (Å²) in [7, 11) is 1.88. The van der Waals surface area contributed by atoms with Crippen LogP contribution in [0.1, 0.15) is 54.5 Å². The Kier molecular flexibility index (Phi) is 9.22. The number of nitrogens with one attached hydrogen (secondary N) is 2. The minimum atomic E-state index is -0.247. The first-order valence-electron chi connectivity index (χ1n) is 17.6. The number of piperidine rings is 2. The molecule has 3 aliphatic rings. The molecule has 3 saturated heterocycles. The molecular formula is C38H41ClN8O4. The summed E-state index contributed by atoms with van der Waals surface area (Å²) in [4.78, 5) is 41.2. The van der Waals surface area contributed by atoms with Gasteiger partial charge < -0.3 is 19.4 Å². The topological polar surface area (TPSA) is 130 Å². The molecule has 8 rings (SSSR count). The van der Waals surface area contributed by atoms with E-state index in [1.54, 1.807) is 10.9 Å². The van der Waals surface area contributed by atoms with E-state index in [1.165, 1.54) is 5.69 Å². The number of aromatic nitrogens is 5. The van der Waals surface area contributed by atoms with Crippen molar-refractivity contribution >= 4 is 40.3 Å². The third kappa shape index (κ3) is 7.08. The van der Waals surface area contributed by atoms with E-state index in [1.807, 2.05) is 44.4 Å². The molecule has 6 heterocycles. The zero-order chi connectivity index (χ0) is 35.1. The maximum absolute atomic E-state index is 12.3. The number of morpholine rings is 1. The summed E-state index contributed by atoms with van der Waals surface area (Å²) in [5.74, 6) is 1.81. The van der Waals surface area contributed by atoms with Gasteiger partial charge in [-0.25, -0.2) is 9.97 Å². The zero-order valence-electron chi connectivity index (χ0n) is 28.8. The van der Waals surface area contributed by atoms with Gasteiger partial charge >= 0.3 is 0 Å². The second kappa shape index (κ2) is 14.1. The molecule has 0 unspecified atom stereocenters. The second-order valence-electron chi connectivity index (χ2n) is 13.8. The number of amides is 2. The number of hydrogen-bond donors (Lipinski definition) is 2. The van der Waals surface area contributed by atoms with Gasteiger partial charge in [-0.15, -0.1) is 0 Å². The molecule has 13 heteroatoms. The van der Waals surface area contributed by atoms with Gasteiger partial charge in [-0.2, -0.15) is 5.10 Å². The Morgan fingerprint density at radius 2 is 1.76 bits per heavy atom. The van der Waals surface area contributed by atoms with Crippen molar-refractivity contribution in [2.45, 2.75) is 44.6 Å². The fraction of sp³-hybridized carbons (Fsp3) is 0.395. The van der Waals surface area contributed by atoms with Crippen LogP contribution >= 0.6 is 11.6 Å². The van der Waals surface area contributed by atoms with Gasteiger partial charge in [0.1, 0.15) is 22.1 Å². The minimum absolute atomic E-state index is 0.00937. The van der Waals surface area contributed by atoms with E-state index in [0.29, 0.717) is 58.9 Å². The molecule has 0 saturated carbocycles. The predicted molar refractivity (Wildman–Crippen MR) is 194 cm³/mol. The number of carbonyl (C=O) groups is 2. The van der Waals surface area contributed by atoms with Crippen molar-refractivity contribution in [2.24, 2.45) is 13.0 Å². The van der Waals surface area contributed by atoms with Gasteiger partial charge in [0.2, 0.25) is 11.8 Å². The molecule has 2 aromatic carbocycles. The lowest BCUT2D eigenvalue weighted by atomic mass is 9.90. The van der Waals surface area contributed by atoms with E-state index >= 15 is 0 Å². The van der Waals surface area contributed by atoms with Gasteiger partial charge in [-0.3, -0.25) is 24.5 Å². The van der Waals surface area contributed by atoms with Crippen molar-refractivity contribution in [3.8, 4) is 22.9 Å². The first kappa shape index (κ1) is 33.4. The Balaban J connectivity index is 0.855. The number of benzene rings is 2. The lowest BCUT2D eigenvalue weighted by molar-refractivity contribution is -0.134. The monoisotopic (exact) mass is 708 g/mol. The molecule has 264 valence electrons. The van der Waals surface area contributed by atoms with Gasteiger partial charge in [-0.05, 0) is 67.5 Å². The largest absolute Gasteiger partial charge is 0.453 e. The molecule has 3 fully saturated rings. The van der Waals surface area contributed by atoms with Gasteiger partial charge in [0.05, 0.1) is 36.1 Å². The number of pyridine rings is 1. The quantitative estimate of drug-likeness (QED) is 0.189. The number of hydrogen-bond acceptors (Lipinski definition) is 9. The fourth-order valence-corrected chi connectivity index (χ4v) is 7.76. The van der Waals surface area contributed by atoms with Crippen LogP contribution in [0.5, 0.6) is 11.5 Å². The van der Waals surface area contributed by atoms with Gasteiger partial charge in [0, 0.05) is 58.1 Å². The lowest BCUT2D eigenvalue weighted by Gasteiger charge is -2.39. The standard InChI is InChI=1S/C38H41ClN8O4/c1-23-30(21-45(2)44-23)36-42-34-35(31(39)19-40-37(34)43-36)51-28-9-5-26(6-10-28)32-22-46(17-18-50-32)20-24-13-15-47(16-14-24)27-7-3-25(4-8-27)29-11-12-33(48)41-38(29)49/h3-10,19,21,24,29,32H,11-18,20,22H2,1-2H3,(H,40,42,43)(H,41,48,49)/t29-,32+/m0/s1. The SMILES string of the molecule is Cc1nn(C)cc1-c1nc2ncc(Cl)c(Oc3ccc([C@H]4CN(CC5CCN(c6ccc([C@@H]7CCC(=O)NC7=O)cc6)CC5)CCO4)cc3)c2[nH]1. The van der Waals surface area contributed by atoms with Crippen molar-refractivity contribution < 1.29 is 19.1 Å². The summed E-state index contributed by atoms with van der Waals surface area (Å²) in [6.07, 6.45) is 6.70. The van der Waals surface area contributed by atoms with Crippen molar-refractivity contribution in [2.75, 3.05) is 44.2 Å². The molecule has 5 aromatic rings. The molecule has 0 aliphatic carbocycles. The smallest absolute Gasteiger partial charge is 0.234 e. The number of imide groups is 1. The van der Waals surface area contributed by atoms with Gasteiger partial charge in [0.15, 0.2) is 11.4 Å². The maximum atomic E-state index is 12.3. The summed E-state index contributed by atoms with van der Waals surface area (Å²) in [5.41, 5.74) is 6.18. The van der Waals surface area contributed by atoms with Crippen LogP contribution in [0.15, 0.2) is 60.9 Å². The number of H-pyrrole nitrogens is 1. The van der Waals surface area contributed by atoms with E-state index < -0.39 is 0 Å². The van der Waals surface area contributed by atoms with Crippen LogP contribution in [0.25, 0.3) is 22.6 Å². The molecule has 2 amide bonds. The highest BCUT2D eigenvalue weighted by Crippen LogP contribution is 2.37. The number of aryl methyl sites for hydroxylation is 2. The third-order valence-corrected chi connectivity index (χ3v) is 10.6. The van der Waals surface area contributed by atoms with E-state index in [2.05, 4.69) is 59.4 Å². The summed E-state index contributed by atoms with van der Waals surface area (Å²) in [5, 5.41) is 7.28. The Labute approximate surface area is 301 Å². The number of anilines is 1. The van der Waals surface area contributed by atoms with E-state index in [9.17, 15) is 9.59 Å². The molecule has 2 atom stereocenters. The van der Waals surface area contributed by atoms with E-state index in [4.69, 9.17) is 21.1 Å². The third-order valence-electron chi connectivity index (χ3n) is 10.4. The molecule has 2 N–H and O–H groups in total. The number of ether oxygens (including phenoxy) is 2. The number of halogens is 1. The summed E-state index contributed by atoms with van der Waals surface area (Å²) in [6.45, 7) is 7.50. The number of fused-ring (bicyclic) bond motifs is 1. The fourth-order valence-electron chi connectivity index (χ4n) is 7.58. The number of nitrogens with zero attached hydrogens (tertiary/aromatic N) is 6. The summed E-state index contributed by atoms with van der Waals surface area (Å²) < 4.78 is 14.3. The normalized spacial score (nSPS) is 20.6. The van der Waals surface area contributed by atoms with Crippen LogP contribution < -0.4 is 15.0 Å². The number of imidazole rings is 1. The second-order valence-corrected chi connectivity index (χ2v) is 14.2. The van der Waals surface area contributed by atoms with Crippen molar-refractivity contribution in [1.82, 2.24) is 34.9 Å². The van der Waals surface area contributed by atoms with Crippen LogP contribution in [0.2, 0.25) is 5.02 Å². The van der Waals surface area contributed by atoms with Crippen LogP contribution in [-0.4, -0.2) is 80.8 Å². The molecule has 51 heavy (non-hydrogen) atoms. The van der Waals surface area contributed by atoms with Crippen molar-refractivity contribution in [1.29, 1.82) is 0 Å². The Morgan fingerprint density at radius 1 is 1.00 bits per heavy atom. The van der Waals surface area contributed by atoms with Gasteiger partial charge in [-0.1, -0.05) is 35.9 Å². The van der Waals surface area contributed by atoms with E-state index in [0.717, 1.165) is 67.9 Å². The van der Waals surface area contributed by atoms with Crippen LogP contribution in [0.3, 0.4) is 0 Å². The molecular weight excluding hydrogens is 668 g/mol. The highest BCUT2D eigenvalue weighted by Gasteiger charge is 2.29. The maximum Gasteiger partial charge on any atom is 0.234 e. The van der Waals surface area contributed by atoms with Crippen LogP contribution in [-0.2, 0) is 21.4 Å². The number of rotatable bonds is 8. The molecule has 0 radical (unpaired) electrons. The molecule has 12 nitrogen and oxygen atoms in total. The van der Waals surface area contributed by atoms with Gasteiger partial charge in [0.25, 0.3) is 0 Å². The van der Waals surface area contributed by atoms with Crippen molar-refractivity contribution in [3.05, 3.63) is 82.8 Å². The summed E-state index contributed by atoms with van der Waals surface area (Å²) in [6, 6.07) is 16.4. The molecule has 0 bridgehead atoms. The number of aromatic amines is 1. The van der Waals surface area contributed by atoms with Crippen molar-refractivity contribution in [3.63, 3.8) is 0 Å². The molecule has 0 spiro atoms. The minimum Gasteiger partial charge on any atom is -0.453 e. The Morgan fingerprint density at radius 3 is 2.49 bits per heavy atom. The molecule has 3 aromatic heterocycles. The average molecular weight is 709 g/mol. The first-order chi connectivity index (χ1) is 24.8.